The molecule has 8 rings (SSSR count). The highest BCUT2D eigenvalue weighted by molar-refractivity contribution is 6.10. The Hall–Kier alpha value is -6.61. The Balaban J connectivity index is 1.49. The first-order valence-corrected chi connectivity index (χ1v) is 14.0. The lowest BCUT2D eigenvalue weighted by molar-refractivity contribution is 0.669. The SMILES string of the molecule is N#Cc1cccc(C#N)c1-c1cc(-c2cccc3c2oc2ccccc23)cc(-c2ccc3oc4ccccc4c3c2)c1C#N. The van der Waals surface area contributed by atoms with Crippen LogP contribution in [0, 0.1) is 34.0 Å². The van der Waals surface area contributed by atoms with Gasteiger partial charge in [-0.15, -0.1) is 0 Å². The predicted molar refractivity (Wildman–Crippen MR) is 171 cm³/mol. The molecule has 5 heteroatoms. The zero-order chi connectivity index (χ0) is 29.8. The first-order chi connectivity index (χ1) is 21.7. The molecule has 2 heterocycles. The number of fused-ring (bicyclic) bond motifs is 6. The molecule has 44 heavy (non-hydrogen) atoms. The standard InChI is InChI=1S/C39H19N3O2/c40-20-24-7-5-8-25(21-41)38(24)33-19-26(27-11-6-12-30-28-9-1-4-14-36(28)44-39(27)30)18-31(34(33)22-42)23-15-16-37-32(17-23)29-10-2-3-13-35(29)43-37/h1-19H. The fraction of sp³-hybridized carbons (Fsp3) is 0. The third-order valence-corrected chi connectivity index (χ3v) is 8.23. The summed E-state index contributed by atoms with van der Waals surface area (Å²) in [5, 5.41) is 34.7. The maximum atomic E-state index is 10.7. The second kappa shape index (κ2) is 9.74. The first kappa shape index (κ1) is 25.1. The van der Waals surface area contributed by atoms with E-state index in [1.54, 1.807) is 18.2 Å². The Labute approximate surface area is 251 Å². The fourth-order valence-corrected chi connectivity index (χ4v) is 6.24. The van der Waals surface area contributed by atoms with Gasteiger partial charge < -0.3 is 8.83 Å². The van der Waals surface area contributed by atoms with Crippen molar-refractivity contribution in [3.8, 4) is 51.6 Å². The number of benzene rings is 6. The van der Waals surface area contributed by atoms with Gasteiger partial charge in [0.1, 0.15) is 28.4 Å². The van der Waals surface area contributed by atoms with Crippen LogP contribution in [-0.4, -0.2) is 0 Å². The minimum Gasteiger partial charge on any atom is -0.456 e. The monoisotopic (exact) mass is 561 g/mol. The molecule has 0 bridgehead atoms. The van der Waals surface area contributed by atoms with E-state index in [4.69, 9.17) is 8.83 Å². The molecule has 202 valence electrons. The molecule has 0 aliphatic carbocycles. The van der Waals surface area contributed by atoms with Crippen molar-refractivity contribution in [2.45, 2.75) is 0 Å². The summed E-state index contributed by atoms with van der Waals surface area (Å²) in [6, 6.07) is 43.5. The van der Waals surface area contributed by atoms with Gasteiger partial charge in [-0.2, -0.15) is 15.8 Å². The molecule has 2 aromatic heterocycles. The minimum absolute atomic E-state index is 0.321. The molecule has 0 N–H and O–H groups in total. The largest absolute Gasteiger partial charge is 0.456 e. The Kier molecular flexibility index (Phi) is 5.56. The van der Waals surface area contributed by atoms with Crippen LogP contribution >= 0.6 is 0 Å². The lowest BCUT2D eigenvalue weighted by Gasteiger charge is -2.16. The summed E-state index contributed by atoms with van der Waals surface area (Å²) in [5.41, 5.74) is 8.13. The molecule has 0 aliphatic heterocycles. The zero-order valence-electron chi connectivity index (χ0n) is 23.1. The van der Waals surface area contributed by atoms with Crippen LogP contribution in [0.4, 0.5) is 0 Å². The molecule has 0 spiro atoms. The molecule has 5 nitrogen and oxygen atoms in total. The van der Waals surface area contributed by atoms with Crippen molar-refractivity contribution in [2.75, 3.05) is 0 Å². The summed E-state index contributed by atoms with van der Waals surface area (Å²) in [6.45, 7) is 0. The van der Waals surface area contributed by atoms with Crippen LogP contribution in [0.25, 0.3) is 77.3 Å². The average Bonchev–Trinajstić information content (AvgIpc) is 3.65. The van der Waals surface area contributed by atoms with Gasteiger partial charge in [0.05, 0.1) is 28.8 Å². The third kappa shape index (κ3) is 3.70. The van der Waals surface area contributed by atoms with E-state index in [1.165, 1.54) is 0 Å². The van der Waals surface area contributed by atoms with Gasteiger partial charge in [-0.25, -0.2) is 0 Å². The summed E-state index contributed by atoms with van der Waals surface area (Å²) in [5.74, 6) is 0. The van der Waals surface area contributed by atoms with Crippen molar-refractivity contribution in [1.29, 1.82) is 15.8 Å². The number of nitriles is 3. The summed E-state index contributed by atoms with van der Waals surface area (Å²) < 4.78 is 12.5. The quantitative estimate of drug-likeness (QED) is 0.214. The topological polar surface area (TPSA) is 97.7 Å². The number of hydrogen-bond acceptors (Lipinski definition) is 5. The van der Waals surface area contributed by atoms with E-state index < -0.39 is 0 Å². The second-order valence-corrected chi connectivity index (χ2v) is 10.6. The fourth-order valence-electron chi connectivity index (χ4n) is 6.24. The van der Waals surface area contributed by atoms with Gasteiger partial charge in [-0.3, -0.25) is 0 Å². The van der Waals surface area contributed by atoms with E-state index >= 15 is 0 Å². The molecule has 8 aromatic rings. The highest BCUT2D eigenvalue weighted by Crippen LogP contribution is 2.43. The van der Waals surface area contributed by atoms with Crippen molar-refractivity contribution in [3.05, 3.63) is 132 Å². The number of para-hydroxylation sites is 3. The number of hydrogen-bond donors (Lipinski definition) is 0. The van der Waals surface area contributed by atoms with Gasteiger partial charge in [0.2, 0.25) is 0 Å². The normalized spacial score (nSPS) is 11.1. The van der Waals surface area contributed by atoms with E-state index in [2.05, 4.69) is 18.2 Å². The number of furan rings is 2. The molecule has 0 aliphatic rings. The Morgan fingerprint density at radius 3 is 1.77 bits per heavy atom. The Morgan fingerprint density at radius 1 is 0.432 bits per heavy atom. The average molecular weight is 562 g/mol. The van der Waals surface area contributed by atoms with Crippen LogP contribution in [0.2, 0.25) is 0 Å². The van der Waals surface area contributed by atoms with Crippen molar-refractivity contribution < 1.29 is 8.83 Å². The molecule has 6 aromatic carbocycles. The van der Waals surface area contributed by atoms with E-state index in [1.807, 2.05) is 97.1 Å². The van der Waals surface area contributed by atoms with E-state index in [0.717, 1.165) is 60.6 Å². The van der Waals surface area contributed by atoms with Crippen molar-refractivity contribution >= 4 is 43.9 Å². The van der Waals surface area contributed by atoms with Gasteiger partial charge in [-0.05, 0) is 59.7 Å². The van der Waals surface area contributed by atoms with Gasteiger partial charge in [0, 0.05) is 43.8 Å². The maximum absolute atomic E-state index is 10.7. The zero-order valence-corrected chi connectivity index (χ0v) is 23.1. The highest BCUT2D eigenvalue weighted by Gasteiger charge is 2.22. The predicted octanol–water partition coefficient (Wildman–Crippen LogP) is 10.1. The smallest absolute Gasteiger partial charge is 0.143 e. The molecular weight excluding hydrogens is 542 g/mol. The number of nitrogens with zero attached hydrogens (tertiary/aromatic N) is 3. The van der Waals surface area contributed by atoms with Crippen LogP contribution in [0.5, 0.6) is 0 Å². The molecule has 0 radical (unpaired) electrons. The molecule has 0 fully saturated rings. The molecule has 0 saturated heterocycles. The molecular formula is C39H19N3O2. The maximum Gasteiger partial charge on any atom is 0.143 e. The van der Waals surface area contributed by atoms with Gasteiger partial charge in [0.15, 0.2) is 0 Å². The van der Waals surface area contributed by atoms with Gasteiger partial charge >= 0.3 is 0 Å². The number of rotatable bonds is 3. The van der Waals surface area contributed by atoms with Crippen molar-refractivity contribution in [1.82, 2.24) is 0 Å². The van der Waals surface area contributed by atoms with E-state index in [9.17, 15) is 15.8 Å². The summed E-state index contributed by atoms with van der Waals surface area (Å²) in [4.78, 5) is 0. The minimum atomic E-state index is 0.321. The van der Waals surface area contributed by atoms with Gasteiger partial charge in [-0.1, -0.05) is 66.7 Å². The summed E-state index contributed by atoms with van der Waals surface area (Å²) in [6.07, 6.45) is 0. The molecule has 0 atom stereocenters. The van der Waals surface area contributed by atoms with E-state index in [0.29, 0.717) is 33.4 Å². The Morgan fingerprint density at radius 2 is 1.05 bits per heavy atom. The van der Waals surface area contributed by atoms with Gasteiger partial charge in [0.25, 0.3) is 0 Å². The first-order valence-electron chi connectivity index (χ1n) is 14.0. The lowest BCUT2D eigenvalue weighted by atomic mass is 9.85. The van der Waals surface area contributed by atoms with Crippen LogP contribution in [-0.2, 0) is 0 Å². The second-order valence-electron chi connectivity index (χ2n) is 10.6. The van der Waals surface area contributed by atoms with Crippen LogP contribution in [0.1, 0.15) is 16.7 Å². The van der Waals surface area contributed by atoms with Crippen LogP contribution < -0.4 is 0 Å². The molecule has 0 unspecified atom stereocenters. The highest BCUT2D eigenvalue weighted by atomic mass is 16.3. The summed E-state index contributed by atoms with van der Waals surface area (Å²) >= 11 is 0. The van der Waals surface area contributed by atoms with Crippen molar-refractivity contribution in [3.63, 3.8) is 0 Å². The Bertz CT molecular complexity index is 2570. The van der Waals surface area contributed by atoms with Crippen LogP contribution in [0.3, 0.4) is 0 Å². The third-order valence-electron chi connectivity index (χ3n) is 8.23. The summed E-state index contributed by atoms with van der Waals surface area (Å²) in [7, 11) is 0. The lowest BCUT2D eigenvalue weighted by Crippen LogP contribution is -1.97. The molecule has 0 amide bonds. The molecule has 0 saturated carbocycles. The van der Waals surface area contributed by atoms with Crippen molar-refractivity contribution in [2.24, 2.45) is 0 Å². The van der Waals surface area contributed by atoms with Crippen LogP contribution in [0.15, 0.2) is 124 Å². The van der Waals surface area contributed by atoms with E-state index in [-0.39, 0.29) is 0 Å².